The van der Waals surface area contributed by atoms with Gasteiger partial charge in [0.15, 0.2) is 0 Å². The Kier molecular flexibility index (Phi) is 5.06. The zero-order chi connectivity index (χ0) is 21.3. The van der Waals surface area contributed by atoms with Crippen molar-refractivity contribution in [2.45, 2.75) is 18.6 Å². The summed E-state index contributed by atoms with van der Waals surface area (Å²) in [6, 6.07) is 23.4. The first-order valence-electron chi connectivity index (χ1n) is 9.39. The van der Waals surface area contributed by atoms with Gasteiger partial charge in [-0.3, -0.25) is 0 Å². The monoisotopic (exact) mass is 405 g/mol. The van der Waals surface area contributed by atoms with Gasteiger partial charge < -0.3 is 10.3 Å². The van der Waals surface area contributed by atoms with Gasteiger partial charge in [-0.05, 0) is 41.5 Å². The first kappa shape index (κ1) is 19.7. The molecule has 1 heterocycles. The van der Waals surface area contributed by atoms with Gasteiger partial charge in [-0.15, -0.1) is 0 Å². The van der Waals surface area contributed by atoms with E-state index in [2.05, 4.69) is 6.07 Å². The molecule has 30 heavy (non-hydrogen) atoms. The highest BCUT2D eigenvalue weighted by atomic mass is 19.4. The summed E-state index contributed by atoms with van der Waals surface area (Å²) in [6.45, 7) is 0. The predicted molar refractivity (Wildman–Crippen MR) is 110 cm³/mol. The molecule has 0 aliphatic heterocycles. The second-order valence-corrected chi connectivity index (χ2v) is 6.99. The Morgan fingerprint density at radius 2 is 1.63 bits per heavy atom. The van der Waals surface area contributed by atoms with Gasteiger partial charge >= 0.3 is 6.18 Å². The first-order valence-corrected chi connectivity index (χ1v) is 9.39. The van der Waals surface area contributed by atoms with Crippen LogP contribution < -0.4 is 5.73 Å². The average molecular weight is 405 g/mol. The number of fused-ring (bicyclic) bond motifs is 1. The second kappa shape index (κ2) is 7.69. The Balaban J connectivity index is 2.00. The molecule has 0 saturated heterocycles. The van der Waals surface area contributed by atoms with Gasteiger partial charge in [0.05, 0.1) is 29.6 Å². The third kappa shape index (κ3) is 3.44. The molecule has 4 rings (SSSR count). The van der Waals surface area contributed by atoms with E-state index >= 15 is 0 Å². The highest BCUT2D eigenvalue weighted by Gasteiger charge is 2.31. The smallest absolute Gasteiger partial charge is 0.319 e. The number of para-hydroxylation sites is 2. The highest BCUT2D eigenvalue weighted by molar-refractivity contribution is 5.88. The molecule has 0 fully saturated rings. The molecule has 3 aromatic carbocycles. The van der Waals surface area contributed by atoms with Crippen LogP contribution in [0.25, 0.3) is 16.6 Å². The van der Waals surface area contributed by atoms with Crippen LogP contribution in [-0.2, 0) is 12.6 Å². The molecule has 1 atom stereocenters. The molecule has 0 aliphatic rings. The van der Waals surface area contributed by atoms with Gasteiger partial charge in [0, 0.05) is 16.8 Å². The van der Waals surface area contributed by atoms with E-state index in [1.807, 2.05) is 59.2 Å². The minimum atomic E-state index is -4.46. The van der Waals surface area contributed by atoms with E-state index in [4.69, 9.17) is 5.73 Å². The van der Waals surface area contributed by atoms with Crippen molar-refractivity contribution >= 4 is 10.9 Å². The van der Waals surface area contributed by atoms with Crippen LogP contribution in [0.3, 0.4) is 0 Å². The number of rotatable bonds is 4. The number of nitriles is 1. The SMILES string of the molecule is N#CCc1c(C(N)c2cccc(C(F)(F)F)c2)n(-c2ccccc2)c2ccccc12. The van der Waals surface area contributed by atoms with Crippen molar-refractivity contribution in [2.24, 2.45) is 5.73 Å². The second-order valence-electron chi connectivity index (χ2n) is 6.99. The van der Waals surface area contributed by atoms with E-state index in [9.17, 15) is 18.4 Å². The molecule has 0 bridgehead atoms. The van der Waals surface area contributed by atoms with Crippen LogP contribution in [0.1, 0.15) is 28.4 Å². The van der Waals surface area contributed by atoms with Crippen LogP contribution in [0.5, 0.6) is 0 Å². The van der Waals surface area contributed by atoms with Crippen LogP contribution >= 0.6 is 0 Å². The molecule has 1 unspecified atom stereocenters. The molecule has 0 spiro atoms. The number of hydrogen-bond donors (Lipinski definition) is 1. The quantitative estimate of drug-likeness (QED) is 0.469. The first-order chi connectivity index (χ1) is 14.4. The summed E-state index contributed by atoms with van der Waals surface area (Å²) in [5.74, 6) is 0. The Morgan fingerprint density at radius 1 is 0.933 bits per heavy atom. The minimum absolute atomic E-state index is 0.0995. The summed E-state index contributed by atoms with van der Waals surface area (Å²) in [5.41, 5.74) is 9.17. The largest absolute Gasteiger partial charge is 0.416 e. The Labute approximate surface area is 171 Å². The van der Waals surface area contributed by atoms with Crippen molar-refractivity contribution in [2.75, 3.05) is 0 Å². The standard InChI is InChI=1S/C24H18F3N3/c25-24(26,27)17-8-6-7-16(15-17)22(29)23-20(13-14-28)19-11-4-5-12-21(19)30(23)18-9-2-1-3-10-18/h1-12,15,22H,13,29H2. The molecule has 0 aliphatic carbocycles. The highest BCUT2D eigenvalue weighted by Crippen LogP contribution is 2.37. The summed E-state index contributed by atoms with van der Waals surface area (Å²) in [4.78, 5) is 0. The molecular weight excluding hydrogens is 387 g/mol. The number of hydrogen-bond acceptors (Lipinski definition) is 2. The summed E-state index contributed by atoms with van der Waals surface area (Å²) in [6.07, 6.45) is -4.36. The van der Waals surface area contributed by atoms with E-state index in [0.717, 1.165) is 34.3 Å². The molecule has 2 N–H and O–H groups in total. The minimum Gasteiger partial charge on any atom is -0.319 e. The fourth-order valence-corrected chi connectivity index (χ4v) is 3.84. The number of nitrogens with two attached hydrogens (primary N) is 1. The zero-order valence-corrected chi connectivity index (χ0v) is 15.9. The van der Waals surface area contributed by atoms with Crippen LogP contribution in [0.4, 0.5) is 13.2 Å². The van der Waals surface area contributed by atoms with Crippen LogP contribution in [0.2, 0.25) is 0 Å². The summed E-state index contributed by atoms with van der Waals surface area (Å²) in [7, 11) is 0. The molecule has 0 radical (unpaired) electrons. The maximum Gasteiger partial charge on any atom is 0.416 e. The third-order valence-electron chi connectivity index (χ3n) is 5.16. The van der Waals surface area contributed by atoms with Crippen molar-refractivity contribution in [1.82, 2.24) is 4.57 Å². The maximum absolute atomic E-state index is 13.3. The lowest BCUT2D eigenvalue weighted by Gasteiger charge is -2.19. The van der Waals surface area contributed by atoms with E-state index in [0.29, 0.717) is 11.3 Å². The van der Waals surface area contributed by atoms with E-state index in [1.165, 1.54) is 6.07 Å². The Hall–Kier alpha value is -3.56. The molecule has 0 amide bonds. The van der Waals surface area contributed by atoms with Gasteiger partial charge in [0.1, 0.15) is 0 Å². The van der Waals surface area contributed by atoms with Crippen molar-refractivity contribution in [3.05, 3.63) is 101 Å². The van der Waals surface area contributed by atoms with Crippen molar-refractivity contribution in [1.29, 1.82) is 5.26 Å². The molecule has 6 heteroatoms. The van der Waals surface area contributed by atoms with Crippen molar-refractivity contribution in [3.63, 3.8) is 0 Å². The summed E-state index contributed by atoms with van der Waals surface area (Å²) < 4.78 is 41.7. The van der Waals surface area contributed by atoms with Crippen LogP contribution in [-0.4, -0.2) is 4.57 Å². The third-order valence-corrected chi connectivity index (χ3v) is 5.16. The lowest BCUT2D eigenvalue weighted by atomic mass is 9.97. The number of benzene rings is 3. The maximum atomic E-state index is 13.3. The molecule has 150 valence electrons. The van der Waals surface area contributed by atoms with E-state index in [1.54, 1.807) is 6.07 Å². The summed E-state index contributed by atoms with van der Waals surface area (Å²) in [5, 5.41) is 10.3. The molecular formula is C24H18F3N3. The van der Waals surface area contributed by atoms with Gasteiger partial charge in [0.2, 0.25) is 0 Å². The number of nitrogens with zero attached hydrogens (tertiary/aromatic N) is 2. The average Bonchev–Trinajstić information content (AvgIpc) is 3.08. The number of halogens is 3. The van der Waals surface area contributed by atoms with Crippen LogP contribution in [0.15, 0.2) is 78.9 Å². The number of aromatic nitrogens is 1. The summed E-state index contributed by atoms with van der Waals surface area (Å²) >= 11 is 0. The topological polar surface area (TPSA) is 54.7 Å². The fraction of sp³-hybridized carbons (Fsp3) is 0.125. The van der Waals surface area contributed by atoms with Gasteiger partial charge in [-0.2, -0.15) is 18.4 Å². The molecule has 4 aromatic rings. The van der Waals surface area contributed by atoms with E-state index < -0.39 is 17.8 Å². The zero-order valence-electron chi connectivity index (χ0n) is 15.9. The van der Waals surface area contributed by atoms with Gasteiger partial charge in [-0.25, -0.2) is 0 Å². The Morgan fingerprint density at radius 3 is 2.33 bits per heavy atom. The van der Waals surface area contributed by atoms with Crippen molar-refractivity contribution < 1.29 is 13.2 Å². The number of alkyl halides is 3. The van der Waals surface area contributed by atoms with E-state index in [-0.39, 0.29) is 6.42 Å². The lowest BCUT2D eigenvalue weighted by molar-refractivity contribution is -0.137. The molecule has 1 aromatic heterocycles. The normalized spacial score (nSPS) is 12.6. The molecule has 0 saturated carbocycles. The predicted octanol–water partition coefficient (Wildman–Crippen LogP) is 5.76. The van der Waals surface area contributed by atoms with Crippen LogP contribution in [0, 0.1) is 11.3 Å². The Bertz CT molecular complexity index is 1230. The molecule has 3 nitrogen and oxygen atoms in total. The lowest BCUT2D eigenvalue weighted by Crippen LogP contribution is -2.19. The fourth-order valence-electron chi connectivity index (χ4n) is 3.84. The van der Waals surface area contributed by atoms with Gasteiger partial charge in [-0.1, -0.05) is 48.5 Å². The van der Waals surface area contributed by atoms with Crippen molar-refractivity contribution in [3.8, 4) is 11.8 Å². The van der Waals surface area contributed by atoms with Gasteiger partial charge in [0.25, 0.3) is 0 Å².